The Kier molecular flexibility index (Phi) is 4.35. The Labute approximate surface area is 83.5 Å². The van der Waals surface area contributed by atoms with Crippen molar-refractivity contribution in [1.29, 1.82) is 0 Å². The topological polar surface area (TPSA) is 51.6 Å². The lowest BCUT2D eigenvalue weighted by Crippen LogP contribution is -2.04. The molecule has 0 aliphatic rings. The summed E-state index contributed by atoms with van der Waals surface area (Å²) in [4.78, 5) is 3.92. The van der Waals surface area contributed by atoms with Crippen molar-refractivity contribution in [3.63, 3.8) is 0 Å². The molecule has 0 saturated carbocycles. The van der Waals surface area contributed by atoms with Crippen LogP contribution in [0.2, 0.25) is 0 Å². The van der Waals surface area contributed by atoms with E-state index in [0.717, 1.165) is 5.56 Å². The van der Waals surface area contributed by atoms with Crippen molar-refractivity contribution in [3.05, 3.63) is 24.0 Å². The number of aromatic nitrogens is 1. The van der Waals surface area contributed by atoms with Crippen LogP contribution in [0.5, 0.6) is 5.75 Å². The highest BCUT2D eigenvalue weighted by molar-refractivity contribution is 5.31. The molecule has 0 aromatic carbocycles. The highest BCUT2D eigenvalue weighted by Crippen LogP contribution is 2.25. The van der Waals surface area contributed by atoms with Crippen LogP contribution in [0.15, 0.2) is 18.5 Å². The maximum absolute atomic E-state index is 9.66. The number of aliphatic hydroxyl groups excluding tert-OH is 1. The molecule has 1 heterocycles. The Morgan fingerprint density at radius 3 is 3.00 bits per heavy atom. The average molecular weight is 197 g/mol. The molecule has 4 nitrogen and oxygen atoms in total. The van der Waals surface area contributed by atoms with Crippen LogP contribution in [0.4, 0.5) is 0 Å². The van der Waals surface area contributed by atoms with E-state index in [2.05, 4.69) is 4.98 Å². The van der Waals surface area contributed by atoms with Crippen molar-refractivity contribution in [2.45, 2.75) is 19.4 Å². The lowest BCUT2D eigenvalue weighted by Gasteiger charge is -2.13. The molecule has 0 saturated heterocycles. The molecule has 1 rings (SSSR count). The van der Waals surface area contributed by atoms with Gasteiger partial charge in [0.15, 0.2) is 6.79 Å². The molecule has 14 heavy (non-hydrogen) atoms. The average Bonchev–Trinajstić information content (AvgIpc) is 2.25. The van der Waals surface area contributed by atoms with Crippen LogP contribution in [0.3, 0.4) is 0 Å². The van der Waals surface area contributed by atoms with E-state index < -0.39 is 6.10 Å². The summed E-state index contributed by atoms with van der Waals surface area (Å²) in [6, 6.07) is 1.75. The van der Waals surface area contributed by atoms with Crippen molar-refractivity contribution in [2.24, 2.45) is 0 Å². The summed E-state index contributed by atoms with van der Waals surface area (Å²) < 4.78 is 10.0. The van der Waals surface area contributed by atoms with Crippen molar-refractivity contribution in [2.75, 3.05) is 13.9 Å². The summed E-state index contributed by atoms with van der Waals surface area (Å²) in [5.74, 6) is 0.573. The van der Waals surface area contributed by atoms with Crippen molar-refractivity contribution >= 4 is 0 Å². The fourth-order valence-corrected chi connectivity index (χ4v) is 1.13. The lowest BCUT2D eigenvalue weighted by atomic mass is 10.1. The van der Waals surface area contributed by atoms with Gasteiger partial charge in [0, 0.05) is 18.9 Å². The molecule has 0 aliphatic heterocycles. The number of hydrogen-bond acceptors (Lipinski definition) is 4. The predicted octanol–water partition coefficient (Wildman–Crippen LogP) is 1.51. The number of rotatable bonds is 5. The molecular weight excluding hydrogens is 182 g/mol. The van der Waals surface area contributed by atoms with E-state index in [9.17, 15) is 5.11 Å². The Morgan fingerprint density at radius 2 is 2.36 bits per heavy atom. The lowest BCUT2D eigenvalue weighted by molar-refractivity contribution is 0.0475. The van der Waals surface area contributed by atoms with Gasteiger partial charge >= 0.3 is 0 Å². The van der Waals surface area contributed by atoms with Crippen molar-refractivity contribution in [3.8, 4) is 5.75 Å². The molecule has 0 radical (unpaired) electrons. The van der Waals surface area contributed by atoms with E-state index in [1.807, 2.05) is 6.92 Å². The molecule has 1 atom stereocenters. The van der Waals surface area contributed by atoms with Gasteiger partial charge in [0.1, 0.15) is 5.75 Å². The molecule has 0 bridgehead atoms. The highest BCUT2D eigenvalue weighted by Gasteiger charge is 2.11. The van der Waals surface area contributed by atoms with Gasteiger partial charge in [0.25, 0.3) is 0 Å². The van der Waals surface area contributed by atoms with E-state index in [1.165, 1.54) is 0 Å². The zero-order valence-corrected chi connectivity index (χ0v) is 8.43. The molecular formula is C10H15NO3. The standard InChI is InChI=1S/C10H15NO3/c1-3-9(12)8-4-5-11-6-10(8)14-7-13-2/h4-6,9,12H,3,7H2,1-2H3. The Hall–Kier alpha value is -1.13. The second-order valence-corrected chi connectivity index (χ2v) is 2.89. The maximum Gasteiger partial charge on any atom is 0.188 e. The Balaban J connectivity index is 2.79. The van der Waals surface area contributed by atoms with E-state index in [0.29, 0.717) is 12.2 Å². The molecule has 0 fully saturated rings. The smallest absolute Gasteiger partial charge is 0.188 e. The third kappa shape index (κ3) is 2.68. The summed E-state index contributed by atoms with van der Waals surface area (Å²) in [7, 11) is 1.55. The quantitative estimate of drug-likeness (QED) is 0.727. The number of hydrogen-bond donors (Lipinski definition) is 1. The molecule has 4 heteroatoms. The van der Waals surface area contributed by atoms with Gasteiger partial charge in [-0.1, -0.05) is 6.92 Å². The molecule has 78 valence electrons. The zero-order chi connectivity index (χ0) is 10.4. The number of ether oxygens (including phenoxy) is 2. The minimum absolute atomic E-state index is 0.162. The summed E-state index contributed by atoms with van der Waals surface area (Å²) in [6.45, 7) is 2.07. The first-order valence-electron chi connectivity index (χ1n) is 4.53. The molecule has 1 N–H and O–H groups in total. The number of aliphatic hydroxyl groups is 1. The summed E-state index contributed by atoms with van der Waals surface area (Å²) in [5.41, 5.74) is 0.750. The largest absolute Gasteiger partial charge is 0.466 e. The van der Waals surface area contributed by atoms with Gasteiger partial charge in [-0.2, -0.15) is 0 Å². The van der Waals surface area contributed by atoms with E-state index in [1.54, 1.807) is 25.6 Å². The highest BCUT2D eigenvalue weighted by atomic mass is 16.7. The monoisotopic (exact) mass is 197 g/mol. The van der Waals surface area contributed by atoms with Crippen molar-refractivity contribution in [1.82, 2.24) is 4.98 Å². The number of methoxy groups -OCH3 is 1. The van der Waals surface area contributed by atoms with Gasteiger partial charge in [-0.15, -0.1) is 0 Å². The van der Waals surface area contributed by atoms with E-state index in [-0.39, 0.29) is 6.79 Å². The van der Waals surface area contributed by atoms with E-state index >= 15 is 0 Å². The molecule has 1 unspecified atom stereocenters. The number of pyridine rings is 1. The van der Waals surface area contributed by atoms with E-state index in [4.69, 9.17) is 9.47 Å². The van der Waals surface area contributed by atoms with Crippen LogP contribution in [0.1, 0.15) is 25.0 Å². The fraction of sp³-hybridized carbons (Fsp3) is 0.500. The Bertz CT molecular complexity index is 278. The first kappa shape index (κ1) is 10.9. The van der Waals surface area contributed by atoms with Gasteiger partial charge in [-0.3, -0.25) is 4.98 Å². The van der Waals surface area contributed by atoms with Gasteiger partial charge in [0.05, 0.1) is 12.3 Å². The molecule has 0 amide bonds. The molecule has 0 aliphatic carbocycles. The third-order valence-electron chi connectivity index (χ3n) is 1.89. The molecule has 0 spiro atoms. The van der Waals surface area contributed by atoms with Gasteiger partial charge in [-0.05, 0) is 12.5 Å². The number of nitrogens with zero attached hydrogens (tertiary/aromatic N) is 1. The zero-order valence-electron chi connectivity index (χ0n) is 8.43. The first-order valence-corrected chi connectivity index (χ1v) is 4.53. The van der Waals surface area contributed by atoms with Gasteiger partial charge < -0.3 is 14.6 Å². The minimum atomic E-state index is -0.509. The van der Waals surface area contributed by atoms with Crippen LogP contribution < -0.4 is 4.74 Å². The van der Waals surface area contributed by atoms with Crippen LogP contribution in [0.25, 0.3) is 0 Å². The summed E-state index contributed by atoms with van der Waals surface area (Å²) in [6.07, 6.45) is 3.35. The van der Waals surface area contributed by atoms with Gasteiger partial charge in [0.2, 0.25) is 0 Å². The van der Waals surface area contributed by atoms with Crippen LogP contribution in [-0.4, -0.2) is 24.0 Å². The second-order valence-electron chi connectivity index (χ2n) is 2.89. The SMILES string of the molecule is CCC(O)c1ccncc1OCOC. The predicted molar refractivity (Wildman–Crippen MR) is 52.0 cm³/mol. The molecule has 1 aromatic rings. The fourth-order valence-electron chi connectivity index (χ4n) is 1.13. The van der Waals surface area contributed by atoms with Crippen LogP contribution >= 0.6 is 0 Å². The maximum atomic E-state index is 9.66. The second kappa shape index (κ2) is 5.57. The first-order chi connectivity index (χ1) is 6.79. The van der Waals surface area contributed by atoms with Gasteiger partial charge in [-0.25, -0.2) is 0 Å². The van der Waals surface area contributed by atoms with Crippen LogP contribution in [0, 0.1) is 0 Å². The normalized spacial score (nSPS) is 12.5. The Morgan fingerprint density at radius 1 is 1.57 bits per heavy atom. The van der Waals surface area contributed by atoms with Crippen LogP contribution in [-0.2, 0) is 4.74 Å². The summed E-state index contributed by atoms with van der Waals surface area (Å²) >= 11 is 0. The molecule has 1 aromatic heterocycles. The van der Waals surface area contributed by atoms with Crippen molar-refractivity contribution < 1.29 is 14.6 Å². The third-order valence-corrected chi connectivity index (χ3v) is 1.89. The minimum Gasteiger partial charge on any atom is -0.466 e. The summed E-state index contributed by atoms with van der Waals surface area (Å²) in [5, 5.41) is 9.66.